The fourth-order valence-corrected chi connectivity index (χ4v) is 2.58. The molecule has 0 spiro atoms. The van der Waals surface area contributed by atoms with Crippen molar-refractivity contribution in [3.63, 3.8) is 0 Å². The van der Waals surface area contributed by atoms with Crippen molar-refractivity contribution in [1.29, 1.82) is 0 Å². The molecule has 0 aliphatic rings. The zero-order valence-corrected chi connectivity index (χ0v) is 10.6. The summed E-state index contributed by atoms with van der Waals surface area (Å²) in [7, 11) is -3.98. The Balaban J connectivity index is 2.38. The number of aromatic nitrogens is 1. The highest BCUT2D eigenvalue weighted by Crippen LogP contribution is 2.21. The van der Waals surface area contributed by atoms with Crippen LogP contribution in [0.25, 0.3) is 0 Å². The van der Waals surface area contributed by atoms with Gasteiger partial charge in [0.05, 0.1) is 6.20 Å². The summed E-state index contributed by atoms with van der Waals surface area (Å²) in [6.45, 7) is 0. The van der Waals surface area contributed by atoms with Gasteiger partial charge in [0, 0.05) is 4.47 Å². The van der Waals surface area contributed by atoms with Crippen LogP contribution >= 0.6 is 15.9 Å². The molecule has 0 radical (unpaired) electrons. The van der Waals surface area contributed by atoms with Gasteiger partial charge in [-0.3, -0.25) is 4.72 Å². The fourth-order valence-electron chi connectivity index (χ4n) is 1.16. The Morgan fingerprint density at radius 1 is 1.41 bits per heavy atom. The summed E-state index contributed by atoms with van der Waals surface area (Å²) >= 11 is 3.04. The number of benzene rings is 1. The molecule has 1 heterocycles. The molecule has 1 N–H and O–H groups in total. The second kappa shape index (κ2) is 4.46. The Morgan fingerprint density at radius 2 is 2.18 bits per heavy atom. The van der Waals surface area contributed by atoms with Crippen LogP contribution in [0.15, 0.2) is 44.6 Å². The standard InChI is InChI=1S/C9H6BrFN2O3S/c10-6-1-2-9(8(11)3-6)17(14,15)13-7-4-12-16-5-7/h1-5,13H. The molecule has 5 nitrogen and oxygen atoms in total. The van der Waals surface area contributed by atoms with E-state index < -0.39 is 20.7 Å². The molecule has 0 unspecified atom stereocenters. The maximum Gasteiger partial charge on any atom is 0.264 e. The molecule has 17 heavy (non-hydrogen) atoms. The summed E-state index contributed by atoms with van der Waals surface area (Å²) in [6.07, 6.45) is 2.28. The highest BCUT2D eigenvalue weighted by Gasteiger charge is 2.19. The lowest BCUT2D eigenvalue weighted by molar-refractivity contribution is 0.420. The van der Waals surface area contributed by atoms with E-state index in [1.165, 1.54) is 12.3 Å². The van der Waals surface area contributed by atoms with E-state index in [1.807, 2.05) is 0 Å². The van der Waals surface area contributed by atoms with E-state index in [1.54, 1.807) is 0 Å². The van der Waals surface area contributed by atoms with Gasteiger partial charge in [-0.05, 0) is 18.2 Å². The third-order valence-electron chi connectivity index (χ3n) is 1.87. The summed E-state index contributed by atoms with van der Waals surface area (Å²) in [5.74, 6) is -0.844. The molecule has 0 amide bonds. The highest BCUT2D eigenvalue weighted by atomic mass is 79.9. The Hall–Kier alpha value is -1.41. The van der Waals surface area contributed by atoms with Crippen molar-refractivity contribution < 1.29 is 17.3 Å². The lowest BCUT2D eigenvalue weighted by Crippen LogP contribution is -2.14. The molecule has 1 aromatic carbocycles. The molecule has 0 saturated carbocycles. The average Bonchev–Trinajstić information content (AvgIpc) is 2.68. The number of hydrogen-bond acceptors (Lipinski definition) is 4. The van der Waals surface area contributed by atoms with Crippen molar-refractivity contribution in [1.82, 2.24) is 5.16 Å². The molecule has 8 heteroatoms. The Morgan fingerprint density at radius 3 is 2.76 bits per heavy atom. The Labute approximate surface area is 105 Å². The summed E-state index contributed by atoms with van der Waals surface area (Å²) in [4.78, 5) is -0.443. The maximum absolute atomic E-state index is 13.5. The molecule has 0 aliphatic carbocycles. The normalized spacial score (nSPS) is 11.4. The average molecular weight is 321 g/mol. The SMILES string of the molecule is O=S(=O)(Nc1cnoc1)c1ccc(Br)cc1F. The van der Waals surface area contributed by atoms with Gasteiger partial charge in [0.1, 0.15) is 22.7 Å². The predicted octanol–water partition coefficient (Wildman–Crippen LogP) is 2.38. The van der Waals surface area contributed by atoms with Gasteiger partial charge in [-0.25, -0.2) is 12.8 Å². The van der Waals surface area contributed by atoms with Crippen LogP contribution in [0.3, 0.4) is 0 Å². The van der Waals surface area contributed by atoms with Crippen molar-refractivity contribution in [3.05, 3.63) is 40.9 Å². The second-order valence-corrected chi connectivity index (χ2v) is 5.66. The first-order valence-corrected chi connectivity index (χ1v) is 6.64. The zero-order valence-electron chi connectivity index (χ0n) is 8.22. The monoisotopic (exact) mass is 320 g/mol. The van der Waals surface area contributed by atoms with Crippen LogP contribution in [0, 0.1) is 5.82 Å². The number of sulfonamides is 1. The number of halogens is 2. The van der Waals surface area contributed by atoms with Gasteiger partial charge in [-0.2, -0.15) is 0 Å². The third kappa shape index (κ3) is 2.64. The molecule has 0 saturated heterocycles. The molecule has 0 bridgehead atoms. The van der Waals surface area contributed by atoms with Gasteiger partial charge < -0.3 is 4.52 Å². The highest BCUT2D eigenvalue weighted by molar-refractivity contribution is 9.10. The minimum atomic E-state index is -3.98. The van der Waals surface area contributed by atoms with E-state index in [0.29, 0.717) is 4.47 Å². The van der Waals surface area contributed by atoms with Crippen LogP contribution in [0.4, 0.5) is 10.1 Å². The molecule has 2 aromatic rings. The van der Waals surface area contributed by atoms with E-state index in [2.05, 4.69) is 30.3 Å². The molecule has 0 fully saturated rings. The summed E-state index contributed by atoms with van der Waals surface area (Å²) in [5, 5.41) is 3.33. The van der Waals surface area contributed by atoms with Crippen molar-refractivity contribution in [2.24, 2.45) is 0 Å². The van der Waals surface area contributed by atoms with Crippen molar-refractivity contribution in [2.45, 2.75) is 4.90 Å². The van der Waals surface area contributed by atoms with Crippen LogP contribution in [0.5, 0.6) is 0 Å². The van der Waals surface area contributed by atoms with Crippen LogP contribution in [-0.4, -0.2) is 13.6 Å². The number of nitrogens with zero attached hydrogens (tertiary/aromatic N) is 1. The quantitative estimate of drug-likeness (QED) is 0.942. The van der Waals surface area contributed by atoms with Gasteiger partial charge in [0.25, 0.3) is 10.0 Å². The van der Waals surface area contributed by atoms with E-state index in [9.17, 15) is 12.8 Å². The van der Waals surface area contributed by atoms with Gasteiger partial charge in [-0.15, -0.1) is 0 Å². The molecular formula is C9H6BrFN2O3S. The number of anilines is 1. The minimum Gasteiger partial charge on any atom is -0.362 e. The molecule has 2 rings (SSSR count). The molecule has 90 valence electrons. The van der Waals surface area contributed by atoms with Crippen molar-refractivity contribution in [2.75, 3.05) is 4.72 Å². The molecule has 0 aliphatic heterocycles. The van der Waals surface area contributed by atoms with Gasteiger partial charge >= 0.3 is 0 Å². The largest absolute Gasteiger partial charge is 0.362 e. The number of rotatable bonds is 3. The van der Waals surface area contributed by atoms with Crippen LogP contribution in [-0.2, 0) is 10.0 Å². The second-order valence-electron chi connectivity index (χ2n) is 3.09. The fraction of sp³-hybridized carbons (Fsp3) is 0. The Kier molecular flexibility index (Phi) is 3.16. The molecule has 0 atom stereocenters. The topological polar surface area (TPSA) is 72.2 Å². The van der Waals surface area contributed by atoms with Crippen molar-refractivity contribution in [3.8, 4) is 0 Å². The minimum absolute atomic E-state index is 0.132. The first kappa shape index (κ1) is 12.1. The van der Waals surface area contributed by atoms with E-state index in [-0.39, 0.29) is 5.69 Å². The Bertz CT molecular complexity index is 628. The number of nitrogens with one attached hydrogen (secondary N) is 1. The summed E-state index contributed by atoms with van der Waals surface area (Å²) in [5.41, 5.74) is 0.132. The van der Waals surface area contributed by atoms with Crippen LogP contribution in [0.1, 0.15) is 0 Å². The molecular weight excluding hydrogens is 315 g/mol. The first-order chi connectivity index (χ1) is 7.99. The molecule has 1 aromatic heterocycles. The number of hydrogen-bond donors (Lipinski definition) is 1. The lowest BCUT2D eigenvalue weighted by atomic mass is 10.3. The summed E-state index contributed by atoms with van der Waals surface area (Å²) < 4.78 is 44.1. The maximum atomic E-state index is 13.5. The first-order valence-electron chi connectivity index (χ1n) is 4.36. The summed E-state index contributed by atoms with van der Waals surface area (Å²) in [6, 6.07) is 3.67. The van der Waals surface area contributed by atoms with Gasteiger partial charge in [0.2, 0.25) is 0 Å². The van der Waals surface area contributed by atoms with E-state index >= 15 is 0 Å². The van der Waals surface area contributed by atoms with Gasteiger partial charge in [-0.1, -0.05) is 21.1 Å². The van der Waals surface area contributed by atoms with Gasteiger partial charge in [0.15, 0.2) is 0 Å². The lowest BCUT2D eigenvalue weighted by Gasteiger charge is -2.06. The van der Waals surface area contributed by atoms with Crippen LogP contribution in [0.2, 0.25) is 0 Å². The van der Waals surface area contributed by atoms with E-state index in [4.69, 9.17) is 0 Å². The smallest absolute Gasteiger partial charge is 0.264 e. The van der Waals surface area contributed by atoms with E-state index in [0.717, 1.165) is 18.4 Å². The zero-order chi connectivity index (χ0) is 12.5. The third-order valence-corrected chi connectivity index (χ3v) is 3.78. The van der Waals surface area contributed by atoms with Crippen molar-refractivity contribution >= 4 is 31.6 Å². The van der Waals surface area contributed by atoms with Crippen LogP contribution < -0.4 is 4.72 Å². The predicted molar refractivity (Wildman–Crippen MR) is 61.4 cm³/mol.